The predicted molar refractivity (Wildman–Crippen MR) is 80.9 cm³/mol. The van der Waals surface area contributed by atoms with Gasteiger partial charge in [-0.25, -0.2) is 0 Å². The van der Waals surface area contributed by atoms with E-state index in [0.29, 0.717) is 5.70 Å². The van der Waals surface area contributed by atoms with Crippen molar-refractivity contribution in [3.05, 3.63) is 79.1 Å². The van der Waals surface area contributed by atoms with Crippen molar-refractivity contribution in [3.8, 4) is 5.69 Å². The molecule has 0 aliphatic heterocycles. The molecule has 0 bridgehead atoms. The first-order valence-corrected chi connectivity index (χ1v) is 5.48. The van der Waals surface area contributed by atoms with Crippen LogP contribution in [0.5, 0.6) is 0 Å². The van der Waals surface area contributed by atoms with Crippen molar-refractivity contribution < 1.29 is 20.1 Å². The zero-order valence-electron chi connectivity index (χ0n) is 11.8. The molecule has 111 valence electrons. The first-order valence-electron chi connectivity index (χ1n) is 5.48. The van der Waals surface area contributed by atoms with Gasteiger partial charge in [0.2, 0.25) is 0 Å². The topological polar surface area (TPSA) is 63.9 Å². The van der Waals surface area contributed by atoms with Gasteiger partial charge in [0.05, 0.1) is 0 Å². The molecule has 1 N–H and O–H groups in total. The van der Waals surface area contributed by atoms with Crippen LogP contribution in [-0.4, -0.2) is 15.5 Å². The van der Waals surface area contributed by atoms with Crippen LogP contribution in [0.2, 0.25) is 0 Å². The van der Waals surface area contributed by atoms with Crippen molar-refractivity contribution in [1.29, 1.82) is 0 Å². The minimum Gasteiger partial charge on any atom is -0.808 e. The number of aromatic nitrogens is 2. The summed E-state index contributed by atoms with van der Waals surface area (Å²) in [4.78, 5) is 0. The minimum absolute atomic E-state index is 0. The van der Waals surface area contributed by atoms with Gasteiger partial charge < -0.3 is 18.6 Å². The molecule has 2 rings (SSSR count). The molecule has 0 saturated carbocycles. The van der Waals surface area contributed by atoms with Crippen LogP contribution >= 0.6 is 0 Å². The number of hydrogen-bond donors (Lipinski definition) is 0. The fraction of sp³-hybridized carbons (Fsp3) is 0.133. The van der Waals surface area contributed by atoms with Gasteiger partial charge in [-0.15, -0.1) is 12.1 Å². The molecule has 0 saturated heterocycles. The Hall–Kier alpha value is -1.71. The van der Waals surface area contributed by atoms with E-state index in [-0.39, 0.29) is 33.2 Å². The Morgan fingerprint density at radius 1 is 1.35 bits per heavy atom. The second kappa shape index (κ2) is 11.1. The third-order valence-electron chi connectivity index (χ3n) is 1.87. The van der Waals surface area contributed by atoms with Gasteiger partial charge in [0.25, 0.3) is 0 Å². The molecule has 2 aromatic rings. The average molecular weight is 447 g/mol. The smallest absolute Gasteiger partial charge is 0.0493 e. The fourth-order valence-electron chi connectivity index (χ4n) is 1.25. The number of hydrogen-bond acceptors (Lipinski definition) is 1. The summed E-state index contributed by atoms with van der Waals surface area (Å²) in [5, 5.41) is 12.5. The van der Waals surface area contributed by atoms with E-state index in [9.17, 15) is 0 Å². The fourth-order valence-corrected chi connectivity index (χ4v) is 1.25. The van der Waals surface area contributed by atoms with E-state index < -0.39 is 0 Å². The monoisotopic (exact) mass is 447 g/mol. The van der Waals surface area contributed by atoms with Gasteiger partial charge >= 0.3 is 0 Å². The summed E-state index contributed by atoms with van der Waals surface area (Å²) < 4.78 is 1.78. The Balaban J connectivity index is 0. The van der Waals surface area contributed by atoms with Gasteiger partial charge in [0, 0.05) is 32.5 Å². The zero-order valence-corrected chi connectivity index (χ0v) is 14.2. The van der Waals surface area contributed by atoms with E-state index in [4.69, 9.17) is 11.1 Å². The average Bonchev–Trinajstić information content (AvgIpc) is 2.82. The molecule has 5 heteroatoms. The van der Waals surface area contributed by atoms with Gasteiger partial charge in [0.15, 0.2) is 0 Å². The number of para-hydroxylation sites is 1. The van der Waals surface area contributed by atoms with Crippen LogP contribution in [-0.2, 0) is 20.1 Å². The van der Waals surface area contributed by atoms with Gasteiger partial charge in [-0.2, -0.15) is 40.8 Å². The molecule has 0 atom stereocenters. The number of nitrogens with one attached hydrogen (secondary N) is 1. The van der Waals surface area contributed by atoms with Crippen molar-refractivity contribution in [2.24, 2.45) is 0 Å². The summed E-state index contributed by atoms with van der Waals surface area (Å²) in [5.41, 5.74) is 8.32. The molecule has 20 heavy (non-hydrogen) atoms. The van der Waals surface area contributed by atoms with E-state index in [1.807, 2.05) is 36.5 Å². The van der Waals surface area contributed by atoms with Crippen LogP contribution in [0.4, 0.5) is 0 Å². The van der Waals surface area contributed by atoms with Crippen LogP contribution < -0.4 is 0 Å². The third kappa shape index (κ3) is 8.40. The molecule has 0 unspecified atom stereocenters. The number of nitrogens with zero attached hydrogens (tertiary/aromatic N) is 3. The van der Waals surface area contributed by atoms with E-state index >= 15 is 0 Å². The summed E-state index contributed by atoms with van der Waals surface area (Å²) >= 11 is 0. The molecular weight excluding hydrogens is 428 g/mol. The van der Waals surface area contributed by atoms with Gasteiger partial charge in [0.1, 0.15) is 0 Å². The quantitative estimate of drug-likeness (QED) is 0.506. The maximum atomic E-state index is 8.44. The molecule has 1 radical (unpaired) electrons. The number of allylic oxidation sites excluding steroid dienone is 2. The van der Waals surface area contributed by atoms with Gasteiger partial charge in [-0.3, -0.25) is 4.68 Å². The van der Waals surface area contributed by atoms with Crippen LogP contribution in [0.15, 0.2) is 54.5 Å². The predicted octanol–water partition coefficient (Wildman–Crippen LogP) is 4.09. The molecule has 0 spiro atoms. The van der Waals surface area contributed by atoms with Crippen molar-refractivity contribution in [2.45, 2.75) is 13.8 Å². The summed E-state index contributed by atoms with van der Waals surface area (Å²) in [6.07, 6.45) is 5.03. The van der Waals surface area contributed by atoms with Crippen molar-refractivity contribution in [3.63, 3.8) is 0 Å². The molecule has 0 aliphatic rings. The third-order valence-corrected chi connectivity index (χ3v) is 1.87. The van der Waals surface area contributed by atoms with Crippen LogP contribution in [0, 0.1) is 13.5 Å². The largest absolute Gasteiger partial charge is 0.808 e. The molecule has 0 amide bonds. The standard InChI is InChI=1S/C9H7N2.C5H8N2.CH3.Ir/c1-2-5-9(6-3-1)11-8-4-7-10-11;1-4(6)3-5(2)7;;/h1-5,7-8H;3,6H,1-2H3;1H3;/q-1;-2;-1;/b;4-3-;;. The molecular formula is C15H18IrN4-4. The van der Waals surface area contributed by atoms with Crippen molar-refractivity contribution >= 4 is 5.71 Å². The SMILES string of the molecule is CC(=[N-])/C=C(/C)[NH-].[CH3-].[Ir].[c-]1ccccc1-n1cccn1. The first-order chi connectivity index (χ1) is 8.59. The Labute approximate surface area is 134 Å². The summed E-state index contributed by atoms with van der Waals surface area (Å²) in [7, 11) is 0. The Morgan fingerprint density at radius 3 is 2.40 bits per heavy atom. The Morgan fingerprint density at radius 2 is 2.05 bits per heavy atom. The number of rotatable bonds is 2. The zero-order chi connectivity index (χ0) is 13.4. The van der Waals surface area contributed by atoms with Crippen molar-refractivity contribution in [2.75, 3.05) is 0 Å². The summed E-state index contributed by atoms with van der Waals surface area (Å²) in [6.45, 7) is 3.15. The summed E-state index contributed by atoms with van der Waals surface area (Å²) in [5.74, 6) is 0. The summed E-state index contributed by atoms with van der Waals surface area (Å²) in [6, 6.07) is 12.7. The van der Waals surface area contributed by atoms with Crippen LogP contribution in [0.3, 0.4) is 0 Å². The Kier molecular flexibility index (Phi) is 11.5. The van der Waals surface area contributed by atoms with Gasteiger partial charge in [-0.05, 0) is 11.8 Å². The normalized spacial score (nSPS) is 9.40. The molecule has 1 heterocycles. The molecule has 1 aromatic heterocycles. The van der Waals surface area contributed by atoms with Crippen molar-refractivity contribution in [1.82, 2.24) is 9.78 Å². The van der Waals surface area contributed by atoms with E-state index in [1.165, 1.54) is 13.0 Å². The molecule has 4 nitrogen and oxygen atoms in total. The van der Waals surface area contributed by atoms with E-state index in [1.54, 1.807) is 17.8 Å². The van der Waals surface area contributed by atoms with E-state index in [0.717, 1.165) is 5.69 Å². The van der Waals surface area contributed by atoms with Gasteiger partial charge in [-0.1, -0.05) is 13.8 Å². The number of benzene rings is 1. The van der Waals surface area contributed by atoms with Crippen LogP contribution in [0.25, 0.3) is 16.8 Å². The second-order valence-corrected chi connectivity index (χ2v) is 3.67. The Bertz CT molecular complexity index is 500. The van der Waals surface area contributed by atoms with Crippen LogP contribution in [0.1, 0.15) is 13.8 Å². The minimum atomic E-state index is 0. The maximum Gasteiger partial charge on any atom is 0.0493 e. The maximum absolute atomic E-state index is 8.44. The molecule has 1 aromatic carbocycles. The molecule has 0 aliphatic carbocycles. The first kappa shape index (κ1) is 20.6. The van der Waals surface area contributed by atoms with E-state index in [2.05, 4.69) is 11.2 Å². The molecule has 0 fully saturated rings. The second-order valence-electron chi connectivity index (χ2n) is 3.67.